The number of benzene rings is 2. The lowest BCUT2D eigenvalue weighted by atomic mass is 10.1. The number of ether oxygens (including phenoxy) is 3. The van der Waals surface area contributed by atoms with Crippen molar-refractivity contribution < 1.29 is 18.6 Å². The number of nitrogens with zero attached hydrogens (tertiary/aromatic N) is 1. The summed E-state index contributed by atoms with van der Waals surface area (Å²) in [5, 5.41) is 4.83. The molecule has 0 bridgehead atoms. The number of rotatable bonds is 10. The van der Waals surface area contributed by atoms with E-state index in [0.29, 0.717) is 34.4 Å². The average Bonchev–Trinajstić information content (AvgIpc) is 3.15. The number of nitrogens with one attached hydrogen (secondary N) is 1. The van der Waals surface area contributed by atoms with Gasteiger partial charge in [-0.2, -0.15) is 0 Å². The molecular formula is C22H24ClFN2O3S. The van der Waals surface area contributed by atoms with Gasteiger partial charge in [0.15, 0.2) is 0 Å². The predicted molar refractivity (Wildman–Crippen MR) is 118 cm³/mol. The zero-order valence-electron chi connectivity index (χ0n) is 17.1. The molecule has 0 aliphatic rings. The monoisotopic (exact) mass is 450 g/mol. The third kappa shape index (κ3) is 5.62. The van der Waals surface area contributed by atoms with Crippen molar-refractivity contribution in [3.8, 4) is 17.2 Å². The Kier molecular flexibility index (Phi) is 7.90. The summed E-state index contributed by atoms with van der Waals surface area (Å²) in [6.45, 7) is 3.40. The van der Waals surface area contributed by atoms with Crippen molar-refractivity contribution in [1.29, 1.82) is 0 Å². The van der Waals surface area contributed by atoms with Gasteiger partial charge in [0, 0.05) is 48.3 Å². The van der Waals surface area contributed by atoms with E-state index in [0.717, 1.165) is 23.5 Å². The van der Waals surface area contributed by atoms with Crippen LogP contribution in [-0.2, 0) is 19.6 Å². The maximum absolute atomic E-state index is 14.0. The Labute approximate surface area is 184 Å². The Hall–Kier alpha value is -2.35. The van der Waals surface area contributed by atoms with Gasteiger partial charge >= 0.3 is 0 Å². The molecule has 0 spiro atoms. The molecule has 1 N–H and O–H groups in total. The van der Waals surface area contributed by atoms with Crippen LogP contribution in [-0.4, -0.2) is 25.7 Å². The Morgan fingerprint density at radius 2 is 1.87 bits per heavy atom. The summed E-state index contributed by atoms with van der Waals surface area (Å²) in [6, 6.07) is 8.07. The number of halogens is 2. The Morgan fingerprint density at radius 1 is 1.13 bits per heavy atom. The summed E-state index contributed by atoms with van der Waals surface area (Å²) < 4.78 is 30.8. The fourth-order valence-electron chi connectivity index (χ4n) is 2.97. The molecule has 0 aliphatic carbocycles. The zero-order valence-corrected chi connectivity index (χ0v) is 18.7. The lowest BCUT2D eigenvalue weighted by molar-refractivity contribution is 0.294. The number of thiazole rings is 1. The maximum Gasteiger partial charge on any atom is 0.131 e. The molecule has 0 saturated heterocycles. The highest BCUT2D eigenvalue weighted by atomic mass is 35.5. The van der Waals surface area contributed by atoms with Gasteiger partial charge in [0.05, 0.1) is 29.8 Å². The number of hydrogen-bond acceptors (Lipinski definition) is 6. The van der Waals surface area contributed by atoms with Crippen molar-refractivity contribution in [3.05, 3.63) is 68.4 Å². The third-order valence-electron chi connectivity index (χ3n) is 4.51. The molecule has 1 heterocycles. The van der Waals surface area contributed by atoms with Gasteiger partial charge in [0.25, 0.3) is 0 Å². The van der Waals surface area contributed by atoms with Crippen LogP contribution in [0.5, 0.6) is 17.2 Å². The highest BCUT2D eigenvalue weighted by Crippen LogP contribution is 2.34. The molecule has 2 aromatic carbocycles. The Morgan fingerprint density at radius 3 is 2.47 bits per heavy atom. The molecule has 3 aromatic rings. The van der Waals surface area contributed by atoms with Crippen LogP contribution in [0.4, 0.5) is 4.39 Å². The molecule has 30 heavy (non-hydrogen) atoms. The molecule has 5 nitrogen and oxygen atoms in total. The SMILES string of the molecule is COc1cc(OCc2c(F)cccc2Cl)cc(OC)c1CNCCc1ncc(C)s1. The second-order valence-electron chi connectivity index (χ2n) is 6.59. The lowest BCUT2D eigenvalue weighted by Crippen LogP contribution is -2.17. The number of hydrogen-bond donors (Lipinski definition) is 1. The van der Waals surface area contributed by atoms with E-state index in [4.69, 9.17) is 25.8 Å². The van der Waals surface area contributed by atoms with Gasteiger partial charge in [-0.1, -0.05) is 17.7 Å². The van der Waals surface area contributed by atoms with Crippen LogP contribution in [0.1, 0.15) is 21.0 Å². The largest absolute Gasteiger partial charge is 0.496 e. The topological polar surface area (TPSA) is 52.6 Å². The molecular weight excluding hydrogens is 427 g/mol. The van der Waals surface area contributed by atoms with Crippen molar-refractivity contribution in [1.82, 2.24) is 10.3 Å². The highest BCUT2D eigenvalue weighted by Gasteiger charge is 2.15. The van der Waals surface area contributed by atoms with E-state index in [1.165, 1.54) is 10.9 Å². The van der Waals surface area contributed by atoms with Crippen LogP contribution in [0.25, 0.3) is 0 Å². The van der Waals surface area contributed by atoms with Gasteiger partial charge in [0.2, 0.25) is 0 Å². The van der Waals surface area contributed by atoms with Crippen molar-refractivity contribution in [2.24, 2.45) is 0 Å². The molecule has 0 radical (unpaired) electrons. The van der Waals surface area contributed by atoms with Crippen LogP contribution in [0.15, 0.2) is 36.5 Å². The number of aryl methyl sites for hydroxylation is 1. The van der Waals surface area contributed by atoms with Gasteiger partial charge in [-0.25, -0.2) is 9.37 Å². The standard InChI is InChI=1S/C22H24ClFN2O3S/c1-14-11-26-22(30-14)7-8-25-12-16-20(27-2)9-15(10-21(16)28-3)29-13-17-18(23)5-4-6-19(17)24/h4-6,9-11,25H,7-8,12-13H2,1-3H3. The summed E-state index contributed by atoms with van der Waals surface area (Å²) in [5.74, 6) is 1.35. The van der Waals surface area contributed by atoms with Crippen LogP contribution in [0.3, 0.4) is 0 Å². The minimum Gasteiger partial charge on any atom is -0.496 e. The van der Waals surface area contributed by atoms with E-state index in [-0.39, 0.29) is 6.61 Å². The number of methoxy groups -OCH3 is 2. The molecule has 0 fully saturated rings. The van der Waals surface area contributed by atoms with E-state index >= 15 is 0 Å². The van der Waals surface area contributed by atoms with E-state index in [2.05, 4.69) is 10.3 Å². The molecule has 0 amide bonds. The van der Waals surface area contributed by atoms with Crippen LogP contribution in [0, 0.1) is 12.7 Å². The minimum absolute atomic E-state index is 0.00262. The second kappa shape index (κ2) is 10.6. The zero-order chi connectivity index (χ0) is 21.5. The van der Waals surface area contributed by atoms with Gasteiger partial charge in [-0.05, 0) is 19.1 Å². The quantitative estimate of drug-likeness (QED) is 0.432. The Bertz CT molecular complexity index is 951. The van der Waals surface area contributed by atoms with Gasteiger partial charge in [-0.3, -0.25) is 0 Å². The van der Waals surface area contributed by atoms with E-state index in [1.807, 2.05) is 13.1 Å². The number of aromatic nitrogens is 1. The fraction of sp³-hybridized carbons (Fsp3) is 0.318. The van der Waals surface area contributed by atoms with Crippen molar-refractivity contribution in [2.75, 3.05) is 20.8 Å². The summed E-state index contributed by atoms with van der Waals surface area (Å²) in [5.41, 5.74) is 1.19. The Balaban J connectivity index is 1.67. The fourth-order valence-corrected chi connectivity index (χ4v) is 3.97. The van der Waals surface area contributed by atoms with Crippen LogP contribution >= 0.6 is 22.9 Å². The van der Waals surface area contributed by atoms with Crippen LogP contribution in [0.2, 0.25) is 5.02 Å². The molecule has 160 valence electrons. The summed E-state index contributed by atoms with van der Waals surface area (Å²) in [6.07, 6.45) is 2.74. The molecule has 0 saturated carbocycles. The first-order valence-corrected chi connectivity index (χ1v) is 10.6. The first-order chi connectivity index (χ1) is 14.5. The van der Waals surface area contributed by atoms with Gasteiger partial charge in [0.1, 0.15) is 29.7 Å². The first-order valence-electron chi connectivity index (χ1n) is 9.44. The molecule has 0 unspecified atom stereocenters. The predicted octanol–water partition coefficient (Wildman–Crippen LogP) is 5.17. The highest BCUT2D eigenvalue weighted by molar-refractivity contribution is 7.11. The van der Waals surface area contributed by atoms with Crippen molar-refractivity contribution >= 4 is 22.9 Å². The third-order valence-corrected chi connectivity index (χ3v) is 5.84. The summed E-state index contributed by atoms with van der Waals surface area (Å²) in [7, 11) is 3.18. The lowest BCUT2D eigenvalue weighted by Gasteiger charge is -2.17. The summed E-state index contributed by atoms with van der Waals surface area (Å²) in [4.78, 5) is 5.58. The minimum atomic E-state index is -0.405. The van der Waals surface area contributed by atoms with E-state index in [1.54, 1.807) is 49.8 Å². The van der Waals surface area contributed by atoms with Crippen molar-refractivity contribution in [3.63, 3.8) is 0 Å². The second-order valence-corrected chi connectivity index (χ2v) is 8.31. The average molecular weight is 451 g/mol. The molecule has 3 rings (SSSR count). The first kappa shape index (κ1) is 22.3. The van der Waals surface area contributed by atoms with Gasteiger partial charge in [-0.15, -0.1) is 11.3 Å². The molecule has 8 heteroatoms. The van der Waals surface area contributed by atoms with E-state index < -0.39 is 5.82 Å². The normalized spacial score (nSPS) is 10.8. The van der Waals surface area contributed by atoms with Crippen molar-refractivity contribution in [2.45, 2.75) is 26.5 Å². The molecule has 1 aromatic heterocycles. The molecule has 0 atom stereocenters. The van der Waals surface area contributed by atoms with E-state index in [9.17, 15) is 4.39 Å². The smallest absolute Gasteiger partial charge is 0.131 e. The maximum atomic E-state index is 14.0. The van der Waals surface area contributed by atoms with Gasteiger partial charge < -0.3 is 19.5 Å². The van der Waals surface area contributed by atoms with Crippen LogP contribution < -0.4 is 19.5 Å². The summed E-state index contributed by atoms with van der Waals surface area (Å²) >= 11 is 7.78. The molecule has 0 aliphatic heterocycles.